The third-order valence-electron chi connectivity index (χ3n) is 4.50. The fourth-order valence-corrected chi connectivity index (χ4v) is 3.08. The summed E-state index contributed by atoms with van der Waals surface area (Å²) in [6.45, 7) is 8.62. The second kappa shape index (κ2) is 6.42. The molecule has 1 saturated heterocycles. The Kier molecular flexibility index (Phi) is 4.37. The Morgan fingerprint density at radius 3 is 2.62 bits per heavy atom. The highest BCUT2D eigenvalue weighted by Gasteiger charge is 2.23. The van der Waals surface area contributed by atoms with Crippen molar-refractivity contribution in [1.29, 1.82) is 0 Å². The van der Waals surface area contributed by atoms with Gasteiger partial charge in [0.2, 0.25) is 0 Å². The highest BCUT2D eigenvalue weighted by atomic mass is 15.2. The lowest BCUT2D eigenvalue weighted by atomic mass is 10.0. The Labute approximate surface area is 127 Å². The van der Waals surface area contributed by atoms with Gasteiger partial charge >= 0.3 is 0 Å². The Balaban J connectivity index is 1.79. The van der Waals surface area contributed by atoms with Crippen LogP contribution in [0.3, 0.4) is 0 Å². The van der Waals surface area contributed by atoms with E-state index in [1.807, 2.05) is 0 Å². The van der Waals surface area contributed by atoms with Gasteiger partial charge in [0.05, 0.1) is 0 Å². The smallest absolute Gasteiger partial charge is 0.0476 e. The number of hydrogen-bond acceptors (Lipinski definition) is 2. The maximum absolute atomic E-state index is 3.53. The number of benzene rings is 2. The van der Waals surface area contributed by atoms with Gasteiger partial charge in [0, 0.05) is 32.2 Å². The van der Waals surface area contributed by atoms with E-state index < -0.39 is 0 Å². The van der Waals surface area contributed by atoms with E-state index in [2.05, 4.69) is 72.6 Å². The lowest BCUT2D eigenvalue weighted by Crippen LogP contribution is -2.45. The van der Waals surface area contributed by atoms with E-state index in [0.29, 0.717) is 6.04 Å². The van der Waals surface area contributed by atoms with Crippen molar-refractivity contribution in [2.24, 2.45) is 0 Å². The average molecular weight is 280 g/mol. The summed E-state index contributed by atoms with van der Waals surface area (Å²) < 4.78 is 0. The van der Waals surface area contributed by atoms with Crippen molar-refractivity contribution in [1.82, 2.24) is 10.2 Å². The number of nitrogens with one attached hydrogen (secondary N) is 1. The Morgan fingerprint density at radius 1 is 1.05 bits per heavy atom. The maximum atomic E-state index is 3.53. The van der Waals surface area contributed by atoms with Gasteiger partial charge in [0.25, 0.3) is 0 Å². The maximum Gasteiger partial charge on any atom is 0.0476 e. The average Bonchev–Trinajstić information content (AvgIpc) is 2.52. The van der Waals surface area contributed by atoms with Crippen LogP contribution in [0.4, 0.5) is 0 Å². The summed E-state index contributed by atoms with van der Waals surface area (Å²) >= 11 is 0. The summed E-state index contributed by atoms with van der Waals surface area (Å²) in [6, 6.07) is 18.2. The quantitative estimate of drug-likeness (QED) is 0.926. The first kappa shape index (κ1) is 14.3. The van der Waals surface area contributed by atoms with Crippen molar-refractivity contribution >= 4 is 0 Å². The van der Waals surface area contributed by atoms with E-state index in [-0.39, 0.29) is 0 Å². The molecule has 2 aromatic rings. The molecule has 0 bridgehead atoms. The van der Waals surface area contributed by atoms with Crippen LogP contribution in [-0.2, 0) is 6.54 Å². The van der Waals surface area contributed by atoms with Gasteiger partial charge in [0.1, 0.15) is 0 Å². The van der Waals surface area contributed by atoms with Gasteiger partial charge in [-0.25, -0.2) is 0 Å². The van der Waals surface area contributed by atoms with Gasteiger partial charge in [-0.3, -0.25) is 4.90 Å². The number of piperazine rings is 1. The molecule has 2 nitrogen and oxygen atoms in total. The second-order valence-electron chi connectivity index (χ2n) is 6.02. The Hall–Kier alpha value is -1.64. The summed E-state index contributed by atoms with van der Waals surface area (Å²) in [5.41, 5.74) is 5.59. The van der Waals surface area contributed by atoms with Crippen LogP contribution in [0.1, 0.15) is 28.3 Å². The van der Waals surface area contributed by atoms with Crippen LogP contribution in [0.5, 0.6) is 0 Å². The zero-order chi connectivity index (χ0) is 14.7. The molecular formula is C19H24N2. The van der Waals surface area contributed by atoms with Crippen molar-refractivity contribution in [2.45, 2.75) is 26.4 Å². The van der Waals surface area contributed by atoms with Crippen LogP contribution >= 0.6 is 0 Å². The molecular weight excluding hydrogens is 256 g/mol. The highest BCUT2D eigenvalue weighted by Crippen LogP contribution is 2.24. The van der Waals surface area contributed by atoms with E-state index in [1.165, 1.54) is 22.3 Å². The molecule has 3 rings (SSSR count). The van der Waals surface area contributed by atoms with E-state index in [9.17, 15) is 0 Å². The van der Waals surface area contributed by atoms with Crippen LogP contribution in [0.2, 0.25) is 0 Å². The molecule has 2 heteroatoms. The minimum Gasteiger partial charge on any atom is -0.314 e. The van der Waals surface area contributed by atoms with Crippen LogP contribution in [0.15, 0.2) is 48.5 Å². The SMILES string of the molecule is Cc1ccc(CN2CCNCC2c2ccccc2)cc1C. The van der Waals surface area contributed by atoms with E-state index in [0.717, 1.165) is 26.2 Å². The van der Waals surface area contributed by atoms with Gasteiger partial charge in [0.15, 0.2) is 0 Å². The van der Waals surface area contributed by atoms with Gasteiger partial charge in [-0.2, -0.15) is 0 Å². The molecule has 0 aliphatic carbocycles. The Morgan fingerprint density at radius 2 is 1.86 bits per heavy atom. The lowest BCUT2D eigenvalue weighted by Gasteiger charge is -2.36. The highest BCUT2D eigenvalue weighted by molar-refractivity contribution is 5.30. The molecule has 110 valence electrons. The first-order valence-electron chi connectivity index (χ1n) is 7.80. The lowest BCUT2D eigenvalue weighted by molar-refractivity contribution is 0.153. The molecule has 1 unspecified atom stereocenters. The van der Waals surface area contributed by atoms with Gasteiger partial charge in [-0.1, -0.05) is 48.5 Å². The molecule has 1 N–H and O–H groups in total. The molecule has 21 heavy (non-hydrogen) atoms. The van der Waals surface area contributed by atoms with E-state index in [1.54, 1.807) is 0 Å². The summed E-state index contributed by atoms with van der Waals surface area (Å²) in [5, 5.41) is 3.53. The third kappa shape index (κ3) is 3.34. The largest absolute Gasteiger partial charge is 0.314 e. The number of hydrogen-bond donors (Lipinski definition) is 1. The number of nitrogens with zero attached hydrogens (tertiary/aromatic N) is 1. The summed E-state index contributed by atoms with van der Waals surface area (Å²) in [5.74, 6) is 0. The van der Waals surface area contributed by atoms with Crippen molar-refractivity contribution in [2.75, 3.05) is 19.6 Å². The molecule has 1 aliphatic heterocycles. The van der Waals surface area contributed by atoms with Crippen LogP contribution in [0.25, 0.3) is 0 Å². The minimum atomic E-state index is 0.474. The molecule has 0 amide bonds. The molecule has 1 aliphatic rings. The van der Waals surface area contributed by atoms with Crippen molar-refractivity contribution in [3.05, 3.63) is 70.8 Å². The van der Waals surface area contributed by atoms with Crippen LogP contribution in [0, 0.1) is 13.8 Å². The first-order valence-corrected chi connectivity index (χ1v) is 7.80. The summed E-state index contributed by atoms with van der Waals surface area (Å²) in [4.78, 5) is 2.59. The fraction of sp³-hybridized carbons (Fsp3) is 0.368. The fourth-order valence-electron chi connectivity index (χ4n) is 3.08. The molecule has 0 radical (unpaired) electrons. The predicted octanol–water partition coefficient (Wildman–Crippen LogP) is 3.45. The monoisotopic (exact) mass is 280 g/mol. The van der Waals surface area contributed by atoms with Crippen molar-refractivity contribution < 1.29 is 0 Å². The molecule has 0 aromatic heterocycles. The van der Waals surface area contributed by atoms with E-state index in [4.69, 9.17) is 0 Å². The number of rotatable bonds is 3. The van der Waals surface area contributed by atoms with Crippen LogP contribution in [-0.4, -0.2) is 24.5 Å². The van der Waals surface area contributed by atoms with Crippen molar-refractivity contribution in [3.63, 3.8) is 0 Å². The molecule has 1 atom stereocenters. The van der Waals surface area contributed by atoms with Gasteiger partial charge < -0.3 is 5.32 Å². The third-order valence-corrected chi connectivity index (χ3v) is 4.50. The second-order valence-corrected chi connectivity index (χ2v) is 6.02. The summed E-state index contributed by atoms with van der Waals surface area (Å²) in [6.07, 6.45) is 0. The van der Waals surface area contributed by atoms with Crippen molar-refractivity contribution in [3.8, 4) is 0 Å². The number of aryl methyl sites for hydroxylation is 2. The molecule has 1 fully saturated rings. The Bertz CT molecular complexity index is 592. The normalized spacial score (nSPS) is 19.6. The van der Waals surface area contributed by atoms with Crippen LogP contribution < -0.4 is 5.32 Å². The predicted molar refractivity (Wildman–Crippen MR) is 88.4 cm³/mol. The zero-order valence-corrected chi connectivity index (χ0v) is 13.0. The van der Waals surface area contributed by atoms with E-state index >= 15 is 0 Å². The molecule has 0 saturated carbocycles. The topological polar surface area (TPSA) is 15.3 Å². The zero-order valence-electron chi connectivity index (χ0n) is 13.0. The van der Waals surface area contributed by atoms with Gasteiger partial charge in [-0.05, 0) is 36.1 Å². The molecule has 1 heterocycles. The standard InChI is InChI=1S/C19H24N2/c1-15-8-9-17(12-16(15)2)14-21-11-10-20-13-19(21)18-6-4-3-5-7-18/h3-9,12,19-20H,10-11,13-14H2,1-2H3. The minimum absolute atomic E-state index is 0.474. The summed E-state index contributed by atoms with van der Waals surface area (Å²) in [7, 11) is 0. The molecule has 0 spiro atoms. The molecule has 2 aromatic carbocycles. The first-order chi connectivity index (χ1) is 10.2. The van der Waals surface area contributed by atoms with Gasteiger partial charge in [-0.15, -0.1) is 0 Å².